The van der Waals surface area contributed by atoms with E-state index in [1.807, 2.05) is 46.2 Å². The number of hydrogen-bond donors (Lipinski definition) is 1. The minimum absolute atomic E-state index is 0. The van der Waals surface area contributed by atoms with Crippen molar-refractivity contribution in [3.63, 3.8) is 0 Å². The smallest absolute Gasteiger partial charge is 0.162 e. The summed E-state index contributed by atoms with van der Waals surface area (Å²) < 4.78 is 0. The van der Waals surface area contributed by atoms with Crippen molar-refractivity contribution in [3.05, 3.63) is 83.4 Å². The van der Waals surface area contributed by atoms with Gasteiger partial charge in [0.2, 0.25) is 0 Å². The quantitative estimate of drug-likeness (QED) is 0.111. The van der Waals surface area contributed by atoms with E-state index in [1.54, 1.807) is 0 Å². The molecule has 0 bridgehead atoms. The van der Waals surface area contributed by atoms with Gasteiger partial charge in [0.05, 0.1) is 11.3 Å². The van der Waals surface area contributed by atoms with Crippen LogP contribution in [0.3, 0.4) is 0 Å². The van der Waals surface area contributed by atoms with Crippen molar-refractivity contribution in [2.24, 2.45) is 11.8 Å². The van der Waals surface area contributed by atoms with E-state index >= 15 is 0 Å². The van der Waals surface area contributed by atoms with Gasteiger partial charge in [0.25, 0.3) is 0 Å². The molecule has 0 unspecified atom stereocenters. The Morgan fingerprint density at radius 2 is 1.64 bits per heavy atom. The number of aliphatic hydroxyl groups excluding tert-OH is 1. The summed E-state index contributed by atoms with van der Waals surface area (Å²) in [6, 6.07) is 16.4. The maximum Gasteiger partial charge on any atom is 0.162 e. The largest absolute Gasteiger partial charge is 0.512 e. The number of hydrogen-bond acceptors (Lipinski definition) is 4. The molecular weight excluding hydrogens is 697 g/mol. The fourth-order valence-corrected chi connectivity index (χ4v) is 6.14. The minimum atomic E-state index is -0.144. The molecule has 0 fully saturated rings. The third-order valence-corrected chi connectivity index (χ3v) is 8.90. The molecule has 1 N–H and O–H groups in total. The van der Waals surface area contributed by atoms with Crippen LogP contribution in [-0.4, -0.2) is 20.9 Å². The van der Waals surface area contributed by atoms with Crippen LogP contribution in [0, 0.1) is 17.9 Å². The van der Waals surface area contributed by atoms with Crippen LogP contribution < -0.4 is 0 Å². The number of aromatic nitrogens is 2. The molecule has 1 aliphatic carbocycles. The second-order valence-electron chi connectivity index (χ2n) is 12.1. The molecule has 2 aromatic carbocycles. The number of pyridine rings is 2. The Bertz CT molecular complexity index is 1570. The number of nitrogens with zero attached hydrogens (tertiary/aromatic N) is 2. The predicted molar refractivity (Wildman–Crippen MR) is 171 cm³/mol. The number of aliphatic hydroxyl groups is 1. The molecule has 4 aromatic rings. The van der Waals surface area contributed by atoms with Crippen LogP contribution >= 0.6 is 0 Å². The van der Waals surface area contributed by atoms with Crippen LogP contribution in [0.2, 0.25) is 0 Å². The summed E-state index contributed by atoms with van der Waals surface area (Å²) in [7, 11) is 0. The van der Waals surface area contributed by atoms with E-state index in [1.165, 1.54) is 33.5 Å². The first-order valence-corrected chi connectivity index (χ1v) is 15.3. The molecule has 42 heavy (non-hydrogen) atoms. The SMILES string of the molecule is CC(C)c1cccc2nc3c(cc12)C(C)(C)c1cncc2cc[c-]c-3c12.CCC(CC)C(=O)/C=C(\O)C(CC)CC.[Ir]. The summed E-state index contributed by atoms with van der Waals surface area (Å²) in [6.45, 7) is 17.1. The average Bonchev–Trinajstić information content (AvgIpc) is 2.96. The van der Waals surface area contributed by atoms with Crippen LogP contribution in [0.15, 0.2) is 60.6 Å². The molecule has 0 spiro atoms. The van der Waals surface area contributed by atoms with Gasteiger partial charge < -0.3 is 5.11 Å². The van der Waals surface area contributed by atoms with Crippen LogP contribution in [0.4, 0.5) is 0 Å². The van der Waals surface area contributed by atoms with Crippen molar-refractivity contribution in [2.75, 3.05) is 0 Å². The Balaban J connectivity index is 0.000000263. The third-order valence-electron chi connectivity index (χ3n) is 8.90. The van der Waals surface area contributed by atoms with Gasteiger partial charge in [0, 0.05) is 61.2 Å². The molecule has 4 nitrogen and oxygen atoms in total. The molecule has 0 aliphatic heterocycles. The molecule has 0 atom stereocenters. The second kappa shape index (κ2) is 14.1. The maximum absolute atomic E-state index is 11.7. The van der Waals surface area contributed by atoms with E-state index in [2.05, 4.69) is 69.1 Å². The van der Waals surface area contributed by atoms with Crippen LogP contribution in [0.25, 0.3) is 32.9 Å². The van der Waals surface area contributed by atoms with Crippen molar-refractivity contribution in [1.82, 2.24) is 9.97 Å². The normalized spacial score (nSPS) is 13.6. The Kier molecular flexibility index (Phi) is 11.3. The predicted octanol–water partition coefficient (Wildman–Crippen LogP) is 9.88. The molecule has 1 aliphatic rings. The van der Waals surface area contributed by atoms with Gasteiger partial charge in [-0.3, -0.25) is 14.8 Å². The number of rotatable bonds is 8. The van der Waals surface area contributed by atoms with Crippen LogP contribution in [0.1, 0.15) is 104 Å². The van der Waals surface area contributed by atoms with E-state index in [0.29, 0.717) is 5.92 Å². The van der Waals surface area contributed by atoms with Gasteiger partial charge >= 0.3 is 0 Å². The first-order valence-electron chi connectivity index (χ1n) is 15.3. The summed E-state index contributed by atoms with van der Waals surface area (Å²) in [6.07, 6.45) is 8.86. The monoisotopic (exact) mass is 742 g/mol. The van der Waals surface area contributed by atoms with E-state index in [0.717, 1.165) is 47.8 Å². The zero-order valence-electron chi connectivity index (χ0n) is 26.3. The number of carbonyl (C=O) groups excluding carboxylic acids is 1. The fraction of sp³-hybridized carbons (Fsp3) is 0.432. The molecule has 0 amide bonds. The summed E-state index contributed by atoms with van der Waals surface area (Å²) in [5.74, 6) is 1.01. The van der Waals surface area contributed by atoms with Gasteiger partial charge in [-0.1, -0.05) is 95.5 Å². The molecule has 5 heteroatoms. The fourth-order valence-electron chi connectivity index (χ4n) is 6.14. The average molecular weight is 742 g/mol. The Labute approximate surface area is 265 Å². The summed E-state index contributed by atoms with van der Waals surface area (Å²) >= 11 is 0. The summed E-state index contributed by atoms with van der Waals surface area (Å²) in [5.41, 5.74) is 6.97. The van der Waals surface area contributed by atoms with Crippen molar-refractivity contribution < 1.29 is 30.0 Å². The standard InChI is InChI=1S/C24H21N2.C13H24O2.Ir/c1-14(2)16-8-6-10-21-18(16)11-19-23(26-21)17-9-5-7-15-12-25-13-20(22(15)17)24(19,3)4;1-5-10(6-2)12(14)9-13(15)11(7-3)8-4;/h5-8,10-14H,1-4H3;9-11,14H,5-8H2,1-4H3;/q-1;;/b;12-9-;. The number of allylic oxidation sites excluding steroid dienone is 2. The van der Waals surface area contributed by atoms with Crippen molar-refractivity contribution in [1.29, 1.82) is 0 Å². The molecule has 5 rings (SSSR count). The maximum atomic E-state index is 11.7. The molecule has 0 saturated heterocycles. The number of carbonyl (C=O) groups is 1. The summed E-state index contributed by atoms with van der Waals surface area (Å²) in [5, 5.41) is 13.4. The van der Waals surface area contributed by atoms with Gasteiger partial charge in [0.1, 0.15) is 0 Å². The van der Waals surface area contributed by atoms with Gasteiger partial charge in [-0.15, -0.1) is 23.8 Å². The minimum Gasteiger partial charge on any atom is -0.512 e. The van der Waals surface area contributed by atoms with Crippen molar-refractivity contribution in [2.45, 2.75) is 92.4 Å². The Morgan fingerprint density at radius 1 is 0.976 bits per heavy atom. The van der Waals surface area contributed by atoms with Gasteiger partial charge in [-0.2, -0.15) is 0 Å². The number of ketones is 1. The molecule has 225 valence electrons. The summed E-state index contributed by atoms with van der Waals surface area (Å²) in [4.78, 5) is 21.3. The van der Waals surface area contributed by atoms with Crippen molar-refractivity contribution >= 4 is 27.5 Å². The van der Waals surface area contributed by atoms with Gasteiger partial charge in [-0.25, -0.2) is 0 Å². The third kappa shape index (κ3) is 6.38. The van der Waals surface area contributed by atoms with E-state index in [4.69, 9.17) is 4.98 Å². The Morgan fingerprint density at radius 3 is 2.26 bits per heavy atom. The molecule has 2 aromatic heterocycles. The second-order valence-corrected chi connectivity index (χ2v) is 12.1. The zero-order valence-corrected chi connectivity index (χ0v) is 28.7. The van der Waals surface area contributed by atoms with Crippen LogP contribution in [0.5, 0.6) is 0 Å². The first-order chi connectivity index (χ1) is 19.6. The first kappa shape index (κ1) is 33.6. The Hall–Kier alpha value is -2.88. The molecular formula is C37H45IrN2O2-. The van der Waals surface area contributed by atoms with Crippen LogP contribution in [-0.2, 0) is 30.3 Å². The topological polar surface area (TPSA) is 63.1 Å². The molecule has 0 saturated carbocycles. The van der Waals surface area contributed by atoms with E-state index < -0.39 is 0 Å². The number of fused-ring (bicyclic) bond motifs is 3. The van der Waals surface area contributed by atoms with E-state index in [9.17, 15) is 9.90 Å². The van der Waals surface area contributed by atoms with Crippen molar-refractivity contribution in [3.8, 4) is 11.3 Å². The van der Waals surface area contributed by atoms with Gasteiger partial charge in [-0.05, 0) is 48.9 Å². The zero-order chi connectivity index (χ0) is 29.9. The molecule has 2 heterocycles. The van der Waals surface area contributed by atoms with Gasteiger partial charge in [0.15, 0.2) is 5.78 Å². The van der Waals surface area contributed by atoms with E-state index in [-0.39, 0.29) is 48.9 Å². The number of benzene rings is 2. The molecule has 1 radical (unpaired) electrons.